The predicted molar refractivity (Wildman–Crippen MR) is 80.1 cm³/mol. The molecule has 0 atom stereocenters. The molecule has 0 saturated carbocycles. The Morgan fingerprint density at radius 3 is 2.57 bits per heavy atom. The van der Waals surface area contributed by atoms with Crippen LogP contribution in [-0.2, 0) is 9.84 Å². The molecule has 1 N–H and O–H groups in total. The number of ketones is 1. The largest absolute Gasteiger partial charge is 0.385 e. The molecular formula is C13H10Cl2N2O3S. The molecule has 0 aromatic heterocycles. The molecule has 0 bridgehead atoms. The molecule has 1 fully saturated rings. The van der Waals surface area contributed by atoms with Crippen LogP contribution in [0.15, 0.2) is 29.5 Å². The third-order valence-corrected chi connectivity index (χ3v) is 5.23. The average molecular weight is 345 g/mol. The fourth-order valence-corrected chi connectivity index (χ4v) is 3.44. The van der Waals surface area contributed by atoms with E-state index in [0.717, 1.165) is 0 Å². The standard InChI is InChI=1S/C13H10Cl2N2O3S/c14-10-2-1-8(5-11(10)15)13(18)9(6-16)12-7-21(19,20)4-3-17-12/h1-2,5,17H,3-4,7H2/b12-9-. The zero-order valence-corrected chi connectivity index (χ0v) is 13.0. The van der Waals surface area contributed by atoms with Crippen molar-refractivity contribution in [1.29, 1.82) is 5.26 Å². The lowest BCUT2D eigenvalue weighted by Crippen LogP contribution is -2.36. The van der Waals surface area contributed by atoms with Crippen LogP contribution in [0.1, 0.15) is 10.4 Å². The maximum Gasteiger partial charge on any atom is 0.205 e. The van der Waals surface area contributed by atoms with Crippen LogP contribution in [0.2, 0.25) is 10.0 Å². The summed E-state index contributed by atoms with van der Waals surface area (Å²) in [7, 11) is -3.29. The van der Waals surface area contributed by atoms with Gasteiger partial charge >= 0.3 is 0 Å². The van der Waals surface area contributed by atoms with Crippen LogP contribution in [0.4, 0.5) is 0 Å². The molecule has 1 aromatic carbocycles. The van der Waals surface area contributed by atoms with Gasteiger partial charge in [0.05, 0.1) is 21.6 Å². The quantitative estimate of drug-likeness (QED) is 0.503. The Bertz CT molecular complexity index is 779. The van der Waals surface area contributed by atoms with E-state index in [4.69, 9.17) is 23.2 Å². The second kappa shape index (κ2) is 6.06. The highest BCUT2D eigenvalue weighted by molar-refractivity contribution is 7.91. The van der Waals surface area contributed by atoms with Crippen LogP contribution in [0.25, 0.3) is 0 Å². The van der Waals surface area contributed by atoms with Crippen molar-refractivity contribution in [1.82, 2.24) is 5.32 Å². The summed E-state index contributed by atoms with van der Waals surface area (Å²) in [4.78, 5) is 12.3. The number of nitrogens with one attached hydrogen (secondary N) is 1. The van der Waals surface area contributed by atoms with Gasteiger partial charge in [-0.15, -0.1) is 0 Å². The van der Waals surface area contributed by atoms with E-state index in [2.05, 4.69) is 5.32 Å². The minimum absolute atomic E-state index is 0.0177. The van der Waals surface area contributed by atoms with Crippen molar-refractivity contribution < 1.29 is 13.2 Å². The van der Waals surface area contributed by atoms with Gasteiger partial charge in [-0.1, -0.05) is 23.2 Å². The maximum absolute atomic E-state index is 12.3. The zero-order chi connectivity index (χ0) is 15.6. The monoisotopic (exact) mass is 344 g/mol. The number of carbonyl (C=O) groups excluding carboxylic acids is 1. The second-order valence-electron chi connectivity index (χ2n) is 4.44. The molecular weight excluding hydrogens is 335 g/mol. The highest BCUT2D eigenvalue weighted by atomic mass is 35.5. The first-order valence-corrected chi connectivity index (χ1v) is 8.49. The molecule has 0 amide bonds. The van der Waals surface area contributed by atoms with E-state index in [-0.39, 0.29) is 44.9 Å². The predicted octanol–water partition coefficient (Wildman–Crippen LogP) is 1.97. The molecule has 8 heteroatoms. The Labute approximate surface area is 132 Å². The van der Waals surface area contributed by atoms with Crippen molar-refractivity contribution in [2.24, 2.45) is 0 Å². The molecule has 2 rings (SSSR count). The van der Waals surface area contributed by atoms with E-state index in [1.807, 2.05) is 0 Å². The number of sulfone groups is 1. The third-order valence-electron chi connectivity index (χ3n) is 2.94. The molecule has 1 aliphatic rings. The van der Waals surface area contributed by atoms with Crippen molar-refractivity contribution in [3.63, 3.8) is 0 Å². The summed E-state index contributed by atoms with van der Waals surface area (Å²) in [5, 5.41) is 12.5. The van der Waals surface area contributed by atoms with Gasteiger partial charge in [0.25, 0.3) is 0 Å². The van der Waals surface area contributed by atoms with Crippen molar-refractivity contribution in [2.45, 2.75) is 0 Å². The van der Waals surface area contributed by atoms with E-state index < -0.39 is 15.6 Å². The van der Waals surface area contributed by atoms with Gasteiger partial charge in [-0.05, 0) is 18.2 Å². The number of benzene rings is 1. The summed E-state index contributed by atoms with van der Waals surface area (Å²) >= 11 is 11.6. The Balaban J connectivity index is 2.44. The van der Waals surface area contributed by atoms with Crippen LogP contribution in [0.5, 0.6) is 0 Å². The summed E-state index contributed by atoms with van der Waals surface area (Å²) in [6, 6.07) is 6.00. The minimum atomic E-state index is -3.29. The van der Waals surface area contributed by atoms with E-state index in [1.54, 1.807) is 6.07 Å². The molecule has 110 valence electrons. The van der Waals surface area contributed by atoms with Gasteiger partial charge in [-0.2, -0.15) is 5.26 Å². The van der Waals surface area contributed by atoms with Gasteiger partial charge in [-0.25, -0.2) is 8.42 Å². The number of rotatable bonds is 2. The van der Waals surface area contributed by atoms with Crippen LogP contribution in [0, 0.1) is 11.3 Å². The third kappa shape index (κ3) is 3.56. The van der Waals surface area contributed by atoms with Crippen LogP contribution in [0.3, 0.4) is 0 Å². The van der Waals surface area contributed by atoms with Gasteiger partial charge in [0.1, 0.15) is 11.6 Å². The number of nitrogens with zero attached hydrogens (tertiary/aromatic N) is 1. The van der Waals surface area contributed by atoms with E-state index >= 15 is 0 Å². The van der Waals surface area contributed by atoms with Gasteiger partial charge in [0.15, 0.2) is 9.84 Å². The normalized spacial score (nSPS) is 19.3. The smallest absolute Gasteiger partial charge is 0.205 e. The molecule has 1 saturated heterocycles. The first-order valence-electron chi connectivity index (χ1n) is 5.91. The van der Waals surface area contributed by atoms with E-state index in [1.165, 1.54) is 18.2 Å². The summed E-state index contributed by atoms with van der Waals surface area (Å²) in [6.07, 6.45) is 0. The number of Topliss-reactive ketones (excluding diaryl/α,β-unsaturated/α-hetero) is 1. The summed E-state index contributed by atoms with van der Waals surface area (Å²) in [5.41, 5.74) is 0.0784. The zero-order valence-electron chi connectivity index (χ0n) is 10.7. The maximum atomic E-state index is 12.3. The number of halogens is 2. The molecule has 1 aromatic rings. The average Bonchev–Trinajstić information content (AvgIpc) is 2.41. The number of hydrogen-bond donors (Lipinski definition) is 1. The highest BCUT2D eigenvalue weighted by Crippen LogP contribution is 2.24. The first-order chi connectivity index (χ1) is 9.84. The molecule has 1 aliphatic heterocycles. The lowest BCUT2D eigenvalue weighted by molar-refractivity contribution is 0.103. The van der Waals surface area contributed by atoms with Gasteiger partial charge in [-0.3, -0.25) is 4.79 Å². The summed E-state index contributed by atoms with van der Waals surface area (Å²) < 4.78 is 23.2. The lowest BCUT2D eigenvalue weighted by Gasteiger charge is -2.18. The molecule has 21 heavy (non-hydrogen) atoms. The van der Waals surface area contributed by atoms with Crippen LogP contribution in [-0.4, -0.2) is 32.3 Å². The fraction of sp³-hybridized carbons (Fsp3) is 0.231. The minimum Gasteiger partial charge on any atom is -0.385 e. The van der Waals surface area contributed by atoms with Crippen molar-refractivity contribution in [2.75, 3.05) is 18.1 Å². The van der Waals surface area contributed by atoms with E-state index in [0.29, 0.717) is 0 Å². The first kappa shape index (κ1) is 15.8. The molecule has 5 nitrogen and oxygen atoms in total. The lowest BCUT2D eigenvalue weighted by atomic mass is 10.0. The van der Waals surface area contributed by atoms with Crippen molar-refractivity contribution in [3.8, 4) is 6.07 Å². The number of allylic oxidation sites excluding steroid dienone is 1. The Kier molecular flexibility index (Phi) is 4.57. The molecule has 1 heterocycles. The topological polar surface area (TPSA) is 87.0 Å². The second-order valence-corrected chi connectivity index (χ2v) is 7.44. The Hall–Kier alpha value is -1.55. The Morgan fingerprint density at radius 2 is 2.00 bits per heavy atom. The molecule has 0 aliphatic carbocycles. The highest BCUT2D eigenvalue weighted by Gasteiger charge is 2.25. The number of nitriles is 1. The van der Waals surface area contributed by atoms with Crippen LogP contribution < -0.4 is 5.32 Å². The van der Waals surface area contributed by atoms with Crippen molar-refractivity contribution >= 4 is 38.8 Å². The summed E-state index contributed by atoms with van der Waals surface area (Å²) in [5.74, 6) is -0.949. The fourth-order valence-electron chi connectivity index (χ4n) is 1.90. The van der Waals surface area contributed by atoms with E-state index in [9.17, 15) is 18.5 Å². The number of carbonyl (C=O) groups is 1. The summed E-state index contributed by atoms with van der Waals surface area (Å²) in [6.45, 7) is 0.178. The molecule has 0 spiro atoms. The molecule has 0 unspecified atom stereocenters. The van der Waals surface area contributed by atoms with Crippen LogP contribution >= 0.6 is 23.2 Å². The Morgan fingerprint density at radius 1 is 1.29 bits per heavy atom. The van der Waals surface area contributed by atoms with Crippen molar-refractivity contribution in [3.05, 3.63) is 45.1 Å². The van der Waals surface area contributed by atoms with Gasteiger partial charge < -0.3 is 5.32 Å². The number of hydrogen-bond acceptors (Lipinski definition) is 5. The van der Waals surface area contributed by atoms with Gasteiger partial charge in [0, 0.05) is 17.8 Å². The SMILES string of the molecule is N#C/C(C(=O)c1ccc(Cl)c(Cl)c1)=C1\CS(=O)(=O)CCN1. The van der Waals surface area contributed by atoms with Gasteiger partial charge in [0.2, 0.25) is 5.78 Å². The molecule has 0 radical (unpaired) electrons.